The largest absolute Gasteiger partial charge is 0.496 e. The van der Waals surface area contributed by atoms with Crippen LogP contribution in [0, 0.1) is 6.92 Å². The lowest BCUT2D eigenvalue weighted by molar-refractivity contribution is -0.121. The number of allylic oxidation sites excluding steroid dienone is 1. The molecule has 1 N–H and O–H groups in total. The summed E-state index contributed by atoms with van der Waals surface area (Å²) in [6.07, 6.45) is 7.90. The maximum absolute atomic E-state index is 13.0. The van der Waals surface area contributed by atoms with Crippen LogP contribution in [0.15, 0.2) is 40.7 Å². The molecule has 0 atom stereocenters. The number of aromatic nitrogens is 3. The molecule has 152 valence electrons. The number of benzene rings is 1. The molecule has 0 saturated carbocycles. The number of nitrogens with one attached hydrogen (secondary N) is 1. The van der Waals surface area contributed by atoms with Crippen LogP contribution in [0.4, 0.5) is 0 Å². The van der Waals surface area contributed by atoms with Gasteiger partial charge in [-0.25, -0.2) is 4.68 Å². The molecule has 0 spiro atoms. The van der Waals surface area contributed by atoms with Crippen LogP contribution < -0.4 is 15.6 Å². The van der Waals surface area contributed by atoms with Crippen LogP contribution in [0.25, 0.3) is 16.4 Å². The quantitative estimate of drug-likeness (QED) is 0.652. The number of carbonyl (C=O) groups excluding carboxylic acids is 1. The molecule has 0 aliphatic heterocycles. The van der Waals surface area contributed by atoms with Crippen molar-refractivity contribution >= 4 is 22.3 Å². The first kappa shape index (κ1) is 19.2. The van der Waals surface area contributed by atoms with E-state index in [1.807, 2.05) is 29.5 Å². The summed E-state index contributed by atoms with van der Waals surface area (Å²) < 4.78 is 8.47. The topological polar surface area (TPSA) is 77.6 Å². The van der Waals surface area contributed by atoms with Crippen molar-refractivity contribution in [2.24, 2.45) is 0 Å². The van der Waals surface area contributed by atoms with Crippen molar-refractivity contribution in [2.45, 2.75) is 45.6 Å². The normalized spacial score (nSPS) is 14.2. The molecular weight excluding hydrogens is 368 g/mol. The van der Waals surface area contributed by atoms with Gasteiger partial charge in [-0.3, -0.25) is 14.0 Å². The van der Waals surface area contributed by atoms with Crippen molar-refractivity contribution in [1.29, 1.82) is 0 Å². The lowest BCUT2D eigenvalue weighted by atomic mass is 9.97. The smallest absolute Gasteiger partial charge is 0.291 e. The van der Waals surface area contributed by atoms with Gasteiger partial charge in [0.25, 0.3) is 5.56 Å². The number of fused-ring (bicyclic) bond motifs is 3. The van der Waals surface area contributed by atoms with E-state index in [0.717, 1.165) is 30.2 Å². The number of aryl methyl sites for hydroxylation is 1. The zero-order valence-corrected chi connectivity index (χ0v) is 16.9. The first-order valence-electron chi connectivity index (χ1n) is 10.1. The number of hydrogen-bond donors (Lipinski definition) is 1. The molecular formula is C22H26N4O3. The molecule has 0 unspecified atom stereocenters. The Balaban J connectivity index is 1.55. The summed E-state index contributed by atoms with van der Waals surface area (Å²) in [6.45, 7) is 2.33. The van der Waals surface area contributed by atoms with Gasteiger partial charge in [0.2, 0.25) is 5.91 Å². The number of rotatable bonds is 6. The van der Waals surface area contributed by atoms with E-state index in [2.05, 4.69) is 16.5 Å². The summed E-state index contributed by atoms with van der Waals surface area (Å²) in [4.78, 5) is 25.3. The van der Waals surface area contributed by atoms with Crippen LogP contribution in [-0.2, 0) is 11.3 Å². The average Bonchev–Trinajstić information content (AvgIpc) is 3.13. The van der Waals surface area contributed by atoms with Crippen LogP contribution in [0.3, 0.4) is 0 Å². The van der Waals surface area contributed by atoms with Gasteiger partial charge in [-0.15, -0.1) is 0 Å². The summed E-state index contributed by atoms with van der Waals surface area (Å²) in [5.74, 6) is 1.14. The number of carbonyl (C=O) groups is 1. The van der Waals surface area contributed by atoms with Crippen LogP contribution in [0.5, 0.6) is 5.75 Å². The Bertz CT molecular complexity index is 1160. The van der Waals surface area contributed by atoms with Crippen LogP contribution in [-0.4, -0.2) is 33.7 Å². The van der Waals surface area contributed by atoms with Gasteiger partial charge in [0, 0.05) is 11.9 Å². The summed E-state index contributed by atoms with van der Waals surface area (Å²) >= 11 is 0. The zero-order chi connectivity index (χ0) is 20.4. The van der Waals surface area contributed by atoms with E-state index in [1.165, 1.54) is 23.1 Å². The first-order chi connectivity index (χ1) is 14.1. The fourth-order valence-corrected chi connectivity index (χ4v) is 4.08. The number of amides is 1. The van der Waals surface area contributed by atoms with Gasteiger partial charge in [0.15, 0.2) is 0 Å². The van der Waals surface area contributed by atoms with Crippen LogP contribution >= 0.6 is 0 Å². The third-order valence-electron chi connectivity index (χ3n) is 5.52. The van der Waals surface area contributed by atoms with E-state index < -0.39 is 0 Å². The Labute approximate surface area is 169 Å². The third kappa shape index (κ3) is 3.77. The highest BCUT2D eigenvalue weighted by Crippen LogP contribution is 2.28. The molecule has 7 heteroatoms. The minimum atomic E-state index is -0.293. The van der Waals surface area contributed by atoms with Crippen molar-refractivity contribution in [3.8, 4) is 5.75 Å². The fourth-order valence-electron chi connectivity index (χ4n) is 4.08. The number of methoxy groups -OCH3 is 1. The predicted octanol–water partition coefficient (Wildman–Crippen LogP) is 2.97. The molecule has 0 saturated heterocycles. The molecule has 0 bridgehead atoms. The average molecular weight is 394 g/mol. The summed E-state index contributed by atoms with van der Waals surface area (Å²) in [7, 11) is 1.61. The Morgan fingerprint density at radius 1 is 1.28 bits per heavy atom. The molecule has 0 fully saturated rings. The molecule has 1 aliphatic rings. The molecule has 0 radical (unpaired) electrons. The SMILES string of the molecule is COc1cccc2c1cc1c(=O)n(CC(=O)NCCC3=CCCCC3)nc(C)n12. The third-order valence-corrected chi connectivity index (χ3v) is 5.52. The molecule has 3 aromatic rings. The van der Waals surface area contributed by atoms with Crippen molar-refractivity contribution in [3.63, 3.8) is 0 Å². The molecule has 29 heavy (non-hydrogen) atoms. The second kappa shape index (κ2) is 8.11. The lowest BCUT2D eigenvalue weighted by Crippen LogP contribution is -2.35. The number of nitrogens with zero attached hydrogens (tertiary/aromatic N) is 3. The first-order valence-corrected chi connectivity index (χ1v) is 10.1. The molecule has 4 rings (SSSR count). The van der Waals surface area contributed by atoms with Crippen molar-refractivity contribution in [2.75, 3.05) is 13.7 Å². The monoisotopic (exact) mass is 394 g/mol. The van der Waals surface area contributed by atoms with Gasteiger partial charge in [-0.05, 0) is 57.2 Å². The highest BCUT2D eigenvalue weighted by molar-refractivity contribution is 5.92. The van der Waals surface area contributed by atoms with Crippen LogP contribution in [0.1, 0.15) is 37.9 Å². The number of hydrogen-bond acceptors (Lipinski definition) is 4. The maximum Gasteiger partial charge on any atom is 0.291 e. The zero-order valence-electron chi connectivity index (χ0n) is 16.9. The molecule has 1 amide bonds. The fraction of sp³-hybridized carbons (Fsp3) is 0.409. The second-order valence-corrected chi connectivity index (χ2v) is 7.48. The minimum absolute atomic E-state index is 0.0894. The van der Waals surface area contributed by atoms with E-state index in [0.29, 0.717) is 23.6 Å². The Kier molecular flexibility index (Phi) is 5.38. The Hall–Kier alpha value is -3.09. The van der Waals surface area contributed by atoms with Gasteiger partial charge < -0.3 is 10.1 Å². The highest BCUT2D eigenvalue weighted by Gasteiger charge is 2.16. The summed E-state index contributed by atoms with van der Waals surface area (Å²) in [5, 5.41) is 8.13. The van der Waals surface area contributed by atoms with Gasteiger partial charge in [-0.2, -0.15) is 5.10 Å². The van der Waals surface area contributed by atoms with E-state index in [-0.39, 0.29) is 18.0 Å². The predicted molar refractivity (Wildman–Crippen MR) is 112 cm³/mol. The van der Waals surface area contributed by atoms with Crippen molar-refractivity contribution in [3.05, 3.63) is 52.1 Å². The maximum atomic E-state index is 13.0. The van der Waals surface area contributed by atoms with Gasteiger partial charge in [0.1, 0.15) is 23.6 Å². The van der Waals surface area contributed by atoms with Crippen LogP contribution in [0.2, 0.25) is 0 Å². The molecule has 7 nitrogen and oxygen atoms in total. The van der Waals surface area contributed by atoms with Gasteiger partial charge in [0.05, 0.1) is 12.6 Å². The second-order valence-electron chi connectivity index (χ2n) is 7.48. The highest BCUT2D eigenvalue weighted by atomic mass is 16.5. The molecule has 1 aliphatic carbocycles. The molecule has 1 aromatic carbocycles. The lowest BCUT2D eigenvalue weighted by Gasteiger charge is -2.13. The molecule has 2 aromatic heterocycles. The summed E-state index contributed by atoms with van der Waals surface area (Å²) in [6, 6.07) is 7.47. The van der Waals surface area contributed by atoms with E-state index in [9.17, 15) is 9.59 Å². The van der Waals surface area contributed by atoms with E-state index >= 15 is 0 Å². The Morgan fingerprint density at radius 3 is 2.90 bits per heavy atom. The standard InChI is InChI=1S/C22H26N4O3/c1-15-24-25(14-21(27)23-12-11-16-7-4-3-5-8-16)22(28)19-13-17-18(26(15)19)9-6-10-20(17)29-2/h6-7,9-10,13H,3-5,8,11-12,14H2,1-2H3,(H,23,27). The Morgan fingerprint density at radius 2 is 2.14 bits per heavy atom. The minimum Gasteiger partial charge on any atom is -0.496 e. The van der Waals surface area contributed by atoms with E-state index in [1.54, 1.807) is 13.2 Å². The van der Waals surface area contributed by atoms with Crippen molar-refractivity contribution in [1.82, 2.24) is 19.5 Å². The molecule has 2 heterocycles. The van der Waals surface area contributed by atoms with Gasteiger partial charge >= 0.3 is 0 Å². The van der Waals surface area contributed by atoms with E-state index in [4.69, 9.17) is 4.74 Å². The van der Waals surface area contributed by atoms with Crippen molar-refractivity contribution < 1.29 is 9.53 Å². The van der Waals surface area contributed by atoms with Gasteiger partial charge in [-0.1, -0.05) is 17.7 Å². The number of ether oxygens (including phenoxy) is 1. The summed E-state index contributed by atoms with van der Waals surface area (Å²) in [5.41, 5.74) is 2.47.